The summed E-state index contributed by atoms with van der Waals surface area (Å²) >= 11 is 0. The molecule has 0 saturated carbocycles. The summed E-state index contributed by atoms with van der Waals surface area (Å²) in [5.74, 6) is -1.98. The van der Waals surface area contributed by atoms with Crippen LogP contribution in [0.3, 0.4) is 0 Å². The second-order valence-electron chi connectivity index (χ2n) is 6.74. The number of aromatic carboxylic acids is 1. The first-order valence-corrected chi connectivity index (χ1v) is 9.31. The fourth-order valence-electron chi connectivity index (χ4n) is 2.73. The third-order valence-electron chi connectivity index (χ3n) is 4.34. The number of nitrogens with one attached hydrogen (secondary N) is 2. The van der Waals surface area contributed by atoms with Gasteiger partial charge in [-0.1, -0.05) is 11.6 Å². The summed E-state index contributed by atoms with van der Waals surface area (Å²) in [7, 11) is 0. The van der Waals surface area contributed by atoms with Crippen molar-refractivity contribution in [3.05, 3.63) is 75.6 Å². The molecule has 0 aliphatic rings. The molecule has 0 unspecified atom stereocenters. The van der Waals surface area contributed by atoms with E-state index in [4.69, 9.17) is 9.52 Å². The first-order chi connectivity index (χ1) is 14.8. The number of amides is 2. The standard InChI is InChI=1S/C22H19N3O6/c1-13-2-7-18-17(10-13)21(28)15(12-31-18)11-23-25-20(27)9-8-19(26)24-16-5-3-14(4-6-16)22(29)30/h2-7,10-12H,8-9H2,1H3,(H,24,26)(H,25,27)(H,29,30)/b23-11+. The van der Waals surface area contributed by atoms with Gasteiger partial charge in [0.05, 0.1) is 22.7 Å². The Morgan fingerprint density at radius 3 is 2.48 bits per heavy atom. The van der Waals surface area contributed by atoms with Gasteiger partial charge in [0.25, 0.3) is 0 Å². The van der Waals surface area contributed by atoms with Crippen molar-refractivity contribution in [3.63, 3.8) is 0 Å². The van der Waals surface area contributed by atoms with E-state index in [1.54, 1.807) is 12.1 Å². The Morgan fingerprint density at radius 1 is 1.06 bits per heavy atom. The molecular weight excluding hydrogens is 402 g/mol. The number of carboxylic acids is 1. The van der Waals surface area contributed by atoms with Crippen LogP contribution in [0.2, 0.25) is 0 Å². The Balaban J connectivity index is 1.51. The molecule has 0 atom stereocenters. The molecule has 0 fully saturated rings. The van der Waals surface area contributed by atoms with Crippen LogP contribution in [-0.4, -0.2) is 29.1 Å². The molecule has 0 bridgehead atoms. The van der Waals surface area contributed by atoms with Gasteiger partial charge in [-0.05, 0) is 43.3 Å². The monoisotopic (exact) mass is 421 g/mol. The van der Waals surface area contributed by atoms with Crippen LogP contribution in [-0.2, 0) is 9.59 Å². The summed E-state index contributed by atoms with van der Waals surface area (Å²) in [6, 6.07) is 10.9. The Kier molecular flexibility index (Phi) is 6.56. The molecule has 2 aromatic carbocycles. The predicted octanol–water partition coefficient (Wildman–Crippen LogP) is 2.67. The quantitative estimate of drug-likeness (QED) is 0.396. The molecule has 0 spiro atoms. The number of rotatable bonds is 7. The molecular formula is C22H19N3O6. The van der Waals surface area contributed by atoms with E-state index in [-0.39, 0.29) is 29.4 Å². The Labute approximate surface area is 176 Å². The number of anilines is 1. The minimum Gasteiger partial charge on any atom is -0.478 e. The maximum Gasteiger partial charge on any atom is 0.335 e. The highest BCUT2D eigenvalue weighted by molar-refractivity contribution is 5.94. The van der Waals surface area contributed by atoms with Gasteiger partial charge in [-0.15, -0.1) is 0 Å². The fourth-order valence-corrected chi connectivity index (χ4v) is 2.73. The number of aryl methyl sites for hydroxylation is 1. The van der Waals surface area contributed by atoms with E-state index in [9.17, 15) is 19.2 Å². The highest BCUT2D eigenvalue weighted by Gasteiger charge is 2.09. The minimum absolute atomic E-state index is 0.0978. The maximum atomic E-state index is 12.5. The largest absolute Gasteiger partial charge is 0.478 e. The van der Waals surface area contributed by atoms with Crippen molar-refractivity contribution in [2.24, 2.45) is 5.10 Å². The first kappa shape index (κ1) is 21.4. The molecule has 0 saturated heterocycles. The van der Waals surface area contributed by atoms with Crippen LogP contribution in [0.25, 0.3) is 11.0 Å². The van der Waals surface area contributed by atoms with Crippen molar-refractivity contribution >= 4 is 40.7 Å². The SMILES string of the molecule is Cc1ccc2occ(/C=N/NC(=O)CCC(=O)Nc3ccc(C(=O)O)cc3)c(=O)c2c1. The van der Waals surface area contributed by atoms with E-state index < -0.39 is 17.8 Å². The van der Waals surface area contributed by atoms with Crippen molar-refractivity contribution in [3.8, 4) is 0 Å². The van der Waals surface area contributed by atoms with E-state index >= 15 is 0 Å². The summed E-state index contributed by atoms with van der Waals surface area (Å²) in [6.07, 6.45) is 2.23. The van der Waals surface area contributed by atoms with Gasteiger partial charge in [0.1, 0.15) is 11.8 Å². The lowest BCUT2D eigenvalue weighted by Crippen LogP contribution is -2.21. The van der Waals surface area contributed by atoms with Gasteiger partial charge < -0.3 is 14.8 Å². The van der Waals surface area contributed by atoms with Crippen LogP contribution < -0.4 is 16.2 Å². The normalized spacial score (nSPS) is 10.9. The Hall–Kier alpha value is -4.27. The average molecular weight is 421 g/mol. The molecule has 31 heavy (non-hydrogen) atoms. The molecule has 158 valence electrons. The van der Waals surface area contributed by atoms with Crippen LogP contribution in [0.4, 0.5) is 5.69 Å². The zero-order valence-corrected chi connectivity index (χ0v) is 16.5. The van der Waals surface area contributed by atoms with Gasteiger partial charge in [0, 0.05) is 18.5 Å². The molecule has 9 nitrogen and oxygen atoms in total. The second-order valence-corrected chi connectivity index (χ2v) is 6.74. The van der Waals surface area contributed by atoms with Gasteiger partial charge in [0.2, 0.25) is 17.2 Å². The smallest absolute Gasteiger partial charge is 0.335 e. The lowest BCUT2D eigenvalue weighted by Gasteiger charge is -2.05. The predicted molar refractivity (Wildman–Crippen MR) is 114 cm³/mol. The molecule has 1 heterocycles. The highest BCUT2D eigenvalue weighted by atomic mass is 16.4. The number of carboxylic acid groups (broad SMARTS) is 1. The molecule has 1 aromatic heterocycles. The zero-order chi connectivity index (χ0) is 22.4. The second kappa shape index (κ2) is 9.49. The van der Waals surface area contributed by atoms with E-state index in [0.717, 1.165) is 5.56 Å². The van der Waals surface area contributed by atoms with Crippen LogP contribution in [0, 0.1) is 6.92 Å². The van der Waals surface area contributed by atoms with E-state index in [0.29, 0.717) is 16.7 Å². The van der Waals surface area contributed by atoms with Gasteiger partial charge >= 0.3 is 5.97 Å². The maximum absolute atomic E-state index is 12.5. The lowest BCUT2D eigenvalue weighted by molar-refractivity contribution is -0.124. The fraction of sp³-hybridized carbons (Fsp3) is 0.136. The van der Waals surface area contributed by atoms with Gasteiger partial charge in [0.15, 0.2) is 0 Å². The molecule has 3 N–H and O–H groups in total. The minimum atomic E-state index is -1.06. The third kappa shape index (κ3) is 5.63. The van der Waals surface area contributed by atoms with Crippen molar-refractivity contribution in [2.45, 2.75) is 19.8 Å². The van der Waals surface area contributed by atoms with Crippen LogP contribution in [0.1, 0.15) is 34.3 Å². The number of carbonyl (C=O) groups is 3. The topological polar surface area (TPSA) is 138 Å². The lowest BCUT2D eigenvalue weighted by atomic mass is 10.1. The van der Waals surface area contributed by atoms with E-state index in [1.807, 2.05) is 13.0 Å². The first-order valence-electron chi connectivity index (χ1n) is 9.31. The summed E-state index contributed by atoms with van der Waals surface area (Å²) in [5.41, 5.74) is 4.07. The van der Waals surface area contributed by atoms with Gasteiger partial charge in [-0.2, -0.15) is 5.10 Å². The average Bonchev–Trinajstić information content (AvgIpc) is 2.74. The van der Waals surface area contributed by atoms with Crippen molar-refractivity contribution < 1.29 is 23.9 Å². The zero-order valence-electron chi connectivity index (χ0n) is 16.5. The molecule has 0 radical (unpaired) electrons. The number of hydrogen-bond acceptors (Lipinski definition) is 6. The summed E-state index contributed by atoms with van der Waals surface area (Å²) in [5, 5.41) is 15.6. The number of nitrogens with zero attached hydrogens (tertiary/aromatic N) is 1. The highest BCUT2D eigenvalue weighted by Crippen LogP contribution is 2.13. The van der Waals surface area contributed by atoms with Gasteiger partial charge in [-0.3, -0.25) is 14.4 Å². The van der Waals surface area contributed by atoms with Crippen molar-refractivity contribution in [1.82, 2.24) is 5.43 Å². The molecule has 9 heteroatoms. The molecule has 3 aromatic rings. The van der Waals surface area contributed by atoms with Gasteiger partial charge in [-0.25, -0.2) is 10.2 Å². The van der Waals surface area contributed by atoms with Crippen LogP contribution in [0.15, 0.2) is 63.0 Å². The Morgan fingerprint density at radius 2 is 1.77 bits per heavy atom. The number of hydrogen-bond donors (Lipinski definition) is 3. The van der Waals surface area contributed by atoms with Crippen LogP contribution in [0.5, 0.6) is 0 Å². The van der Waals surface area contributed by atoms with Crippen molar-refractivity contribution in [1.29, 1.82) is 0 Å². The van der Waals surface area contributed by atoms with Crippen molar-refractivity contribution in [2.75, 3.05) is 5.32 Å². The molecule has 0 aliphatic heterocycles. The molecule has 0 aliphatic carbocycles. The summed E-state index contributed by atoms with van der Waals surface area (Å²) in [4.78, 5) is 47.1. The molecule has 2 amide bonds. The number of hydrazone groups is 1. The van der Waals surface area contributed by atoms with E-state index in [2.05, 4.69) is 15.8 Å². The number of benzene rings is 2. The summed E-state index contributed by atoms with van der Waals surface area (Å²) < 4.78 is 5.40. The number of carbonyl (C=O) groups excluding carboxylic acids is 2. The number of fused-ring (bicyclic) bond motifs is 1. The van der Waals surface area contributed by atoms with E-state index in [1.165, 1.54) is 36.7 Å². The Bertz CT molecular complexity index is 1230. The van der Waals surface area contributed by atoms with Crippen LogP contribution >= 0.6 is 0 Å². The molecule has 3 rings (SSSR count). The third-order valence-corrected chi connectivity index (χ3v) is 4.34. The summed E-state index contributed by atoms with van der Waals surface area (Å²) in [6.45, 7) is 1.86.